The van der Waals surface area contributed by atoms with Crippen LogP contribution in [0.15, 0.2) is 78.5 Å². The van der Waals surface area contributed by atoms with E-state index in [9.17, 15) is 9.59 Å². The van der Waals surface area contributed by atoms with Gasteiger partial charge in [0.05, 0.1) is 12.8 Å². The van der Waals surface area contributed by atoms with Gasteiger partial charge in [0.1, 0.15) is 11.3 Å². The lowest BCUT2D eigenvalue weighted by Gasteiger charge is -2.29. The van der Waals surface area contributed by atoms with Gasteiger partial charge >= 0.3 is 0 Å². The van der Waals surface area contributed by atoms with Gasteiger partial charge in [0.15, 0.2) is 5.11 Å². The van der Waals surface area contributed by atoms with Crippen molar-refractivity contribution >= 4 is 75.0 Å². The molecule has 1 aromatic heterocycles. The van der Waals surface area contributed by atoms with Crippen LogP contribution in [0.5, 0.6) is 5.75 Å². The second kappa shape index (κ2) is 9.78. The number of para-hydroxylation sites is 1. The van der Waals surface area contributed by atoms with Crippen molar-refractivity contribution in [3.63, 3.8) is 0 Å². The first kappa shape index (κ1) is 24.1. The van der Waals surface area contributed by atoms with Crippen LogP contribution >= 0.6 is 35.4 Å². The number of nitrogens with zero attached hydrogens (tertiary/aromatic N) is 2. The van der Waals surface area contributed by atoms with Gasteiger partial charge in [-0.05, 0) is 66.3 Å². The molecule has 9 heteroatoms. The zero-order chi connectivity index (χ0) is 25.4. The van der Waals surface area contributed by atoms with Gasteiger partial charge in [-0.25, -0.2) is 0 Å². The lowest BCUT2D eigenvalue weighted by Crippen LogP contribution is -2.54. The fourth-order valence-corrected chi connectivity index (χ4v) is 4.88. The lowest BCUT2D eigenvalue weighted by molar-refractivity contribution is -0.122. The highest BCUT2D eigenvalue weighted by Gasteiger charge is 2.34. The predicted molar refractivity (Wildman–Crippen MR) is 147 cm³/mol. The molecule has 2 heterocycles. The maximum Gasteiger partial charge on any atom is 0.270 e. The molecule has 5 rings (SSSR count). The third-order valence-corrected chi connectivity index (χ3v) is 6.78. The molecule has 4 aromatic rings. The number of ether oxygens (including phenoxy) is 1. The highest BCUT2D eigenvalue weighted by Crippen LogP contribution is 2.29. The number of nitrogens with one attached hydrogen (secondary N) is 1. The number of halogens is 2. The second-order valence-corrected chi connectivity index (χ2v) is 9.35. The van der Waals surface area contributed by atoms with E-state index in [4.69, 9.17) is 40.2 Å². The molecular formula is C27H19Cl2N3O3S. The molecule has 6 nitrogen and oxygen atoms in total. The molecule has 0 radical (unpaired) electrons. The van der Waals surface area contributed by atoms with E-state index in [0.29, 0.717) is 28.0 Å². The number of hydrogen-bond acceptors (Lipinski definition) is 4. The summed E-state index contributed by atoms with van der Waals surface area (Å²) in [6.07, 6.45) is 3.49. The van der Waals surface area contributed by atoms with Crippen molar-refractivity contribution in [1.29, 1.82) is 0 Å². The first-order valence-corrected chi connectivity index (χ1v) is 12.1. The number of amides is 2. The van der Waals surface area contributed by atoms with E-state index in [1.165, 1.54) is 4.90 Å². The number of fused-ring (bicyclic) bond motifs is 1. The molecule has 1 aliphatic rings. The number of hydrogen-bond donors (Lipinski definition) is 1. The fraction of sp³-hybridized carbons (Fsp3) is 0.0741. The van der Waals surface area contributed by atoms with Crippen LogP contribution in [0.25, 0.3) is 17.0 Å². The number of thiocarbonyl (C=S) groups is 1. The molecule has 1 fully saturated rings. The summed E-state index contributed by atoms with van der Waals surface area (Å²) >= 11 is 17.8. The van der Waals surface area contributed by atoms with Crippen molar-refractivity contribution < 1.29 is 14.3 Å². The van der Waals surface area contributed by atoms with E-state index in [2.05, 4.69) is 5.32 Å². The Morgan fingerprint density at radius 2 is 1.78 bits per heavy atom. The minimum atomic E-state index is -0.549. The van der Waals surface area contributed by atoms with Crippen molar-refractivity contribution in [3.8, 4) is 5.75 Å². The average Bonchev–Trinajstić information content (AvgIpc) is 3.21. The molecule has 1 aliphatic heterocycles. The monoisotopic (exact) mass is 535 g/mol. The predicted octanol–water partition coefficient (Wildman–Crippen LogP) is 5.84. The molecule has 0 saturated carbocycles. The normalized spacial score (nSPS) is 15.0. The molecule has 1 N–H and O–H groups in total. The average molecular weight is 536 g/mol. The number of carbonyl (C=O) groups excluding carboxylic acids is 2. The molecule has 0 bridgehead atoms. The van der Waals surface area contributed by atoms with E-state index in [0.717, 1.165) is 22.0 Å². The Bertz CT molecular complexity index is 1560. The summed E-state index contributed by atoms with van der Waals surface area (Å²) < 4.78 is 7.21. The topological polar surface area (TPSA) is 63.6 Å². The summed E-state index contributed by atoms with van der Waals surface area (Å²) in [7, 11) is 1.56. The molecule has 0 unspecified atom stereocenters. The Labute approximate surface area is 222 Å². The molecule has 2 amide bonds. The van der Waals surface area contributed by atoms with Crippen LogP contribution in [0.1, 0.15) is 11.1 Å². The van der Waals surface area contributed by atoms with Gasteiger partial charge in [0, 0.05) is 39.3 Å². The number of aromatic nitrogens is 1. The summed E-state index contributed by atoms with van der Waals surface area (Å²) in [6.45, 7) is 0.488. The highest BCUT2D eigenvalue weighted by molar-refractivity contribution is 7.80. The summed E-state index contributed by atoms with van der Waals surface area (Å²) in [6, 6.07) is 20.0. The summed E-state index contributed by atoms with van der Waals surface area (Å²) in [5.74, 6) is -0.415. The van der Waals surface area contributed by atoms with Crippen LogP contribution in [0.2, 0.25) is 10.0 Å². The third-order valence-electron chi connectivity index (χ3n) is 5.91. The zero-order valence-electron chi connectivity index (χ0n) is 19.0. The van der Waals surface area contributed by atoms with Crippen LogP contribution < -0.4 is 15.0 Å². The van der Waals surface area contributed by atoms with Crippen LogP contribution in [-0.2, 0) is 16.1 Å². The maximum absolute atomic E-state index is 13.5. The second-order valence-electron chi connectivity index (χ2n) is 8.12. The smallest absolute Gasteiger partial charge is 0.270 e. The molecule has 0 aliphatic carbocycles. The fourth-order valence-electron chi connectivity index (χ4n) is 4.13. The van der Waals surface area contributed by atoms with Crippen LogP contribution in [0, 0.1) is 0 Å². The SMILES string of the molecule is COc1ccc(N2C(=O)/C(=C/c3cn(Cc4ccc(Cl)cc4Cl)c4ccccc34)C(=O)NC2=S)cc1. The maximum atomic E-state index is 13.5. The quantitative estimate of drug-likeness (QED) is 0.198. The Hall–Kier alpha value is -3.65. The molecule has 0 spiro atoms. The van der Waals surface area contributed by atoms with E-state index >= 15 is 0 Å². The van der Waals surface area contributed by atoms with Crippen molar-refractivity contribution in [2.45, 2.75) is 6.54 Å². The number of rotatable bonds is 5. The third kappa shape index (κ3) is 4.48. The molecule has 1 saturated heterocycles. The summed E-state index contributed by atoms with van der Waals surface area (Å²) in [5.41, 5.74) is 3.05. The van der Waals surface area contributed by atoms with E-state index < -0.39 is 11.8 Å². The first-order chi connectivity index (χ1) is 17.4. The molecule has 0 atom stereocenters. The Morgan fingerprint density at radius 1 is 1.03 bits per heavy atom. The first-order valence-electron chi connectivity index (χ1n) is 10.9. The number of carbonyl (C=O) groups is 2. The van der Waals surface area contributed by atoms with Gasteiger partial charge in [0.25, 0.3) is 11.8 Å². The molecule has 180 valence electrons. The number of methoxy groups -OCH3 is 1. The Balaban J connectivity index is 1.55. The van der Waals surface area contributed by atoms with Gasteiger partial charge < -0.3 is 9.30 Å². The largest absolute Gasteiger partial charge is 0.497 e. The van der Waals surface area contributed by atoms with Crippen LogP contribution in [0.4, 0.5) is 5.69 Å². The van der Waals surface area contributed by atoms with Gasteiger partial charge in [-0.1, -0.05) is 47.5 Å². The van der Waals surface area contributed by atoms with Crippen molar-refractivity contribution in [3.05, 3.63) is 99.7 Å². The van der Waals surface area contributed by atoms with Gasteiger partial charge in [0.2, 0.25) is 0 Å². The number of anilines is 1. The van der Waals surface area contributed by atoms with E-state index in [-0.39, 0.29) is 10.7 Å². The minimum Gasteiger partial charge on any atom is -0.497 e. The standard InChI is InChI=1S/C27H19Cl2N3O3S/c1-35-20-10-8-19(9-11-20)32-26(34)22(25(33)30-27(32)36)12-17-15-31(24-5-3-2-4-21(17)24)14-16-6-7-18(28)13-23(16)29/h2-13,15H,14H2,1H3,(H,30,33,36)/b22-12+. The highest BCUT2D eigenvalue weighted by atomic mass is 35.5. The van der Waals surface area contributed by atoms with Crippen LogP contribution in [0.3, 0.4) is 0 Å². The van der Waals surface area contributed by atoms with E-state index in [1.807, 2.05) is 41.1 Å². The lowest BCUT2D eigenvalue weighted by atomic mass is 10.1. The Kier molecular flexibility index (Phi) is 6.53. The van der Waals surface area contributed by atoms with Gasteiger partial charge in [-0.3, -0.25) is 19.8 Å². The van der Waals surface area contributed by atoms with Crippen molar-refractivity contribution in [2.75, 3.05) is 12.0 Å². The van der Waals surface area contributed by atoms with Crippen LogP contribution in [-0.4, -0.2) is 28.6 Å². The van der Waals surface area contributed by atoms with Crippen molar-refractivity contribution in [1.82, 2.24) is 9.88 Å². The van der Waals surface area contributed by atoms with Gasteiger partial charge in [-0.15, -0.1) is 0 Å². The summed E-state index contributed by atoms with van der Waals surface area (Å²) in [5, 5.41) is 4.66. The zero-order valence-corrected chi connectivity index (χ0v) is 21.3. The summed E-state index contributed by atoms with van der Waals surface area (Å²) in [4.78, 5) is 27.6. The van der Waals surface area contributed by atoms with Crippen molar-refractivity contribution in [2.24, 2.45) is 0 Å². The van der Waals surface area contributed by atoms with Gasteiger partial charge in [-0.2, -0.15) is 0 Å². The minimum absolute atomic E-state index is 0.0205. The van der Waals surface area contributed by atoms with E-state index in [1.54, 1.807) is 49.6 Å². The Morgan fingerprint density at radius 3 is 2.50 bits per heavy atom. The molecule has 3 aromatic carbocycles. The number of benzene rings is 3. The molecule has 36 heavy (non-hydrogen) atoms. The molecular weight excluding hydrogens is 517 g/mol.